The fraction of sp³-hybridized carbons (Fsp3) is 0.133. The van der Waals surface area contributed by atoms with E-state index >= 15 is 0 Å². The number of aromatic nitrogens is 4. The van der Waals surface area contributed by atoms with Crippen LogP contribution in [0.25, 0.3) is 16.8 Å². The van der Waals surface area contributed by atoms with E-state index in [0.717, 1.165) is 4.52 Å². The van der Waals surface area contributed by atoms with E-state index < -0.39 is 5.69 Å². The van der Waals surface area contributed by atoms with E-state index in [-0.39, 0.29) is 23.8 Å². The fourth-order valence-corrected chi connectivity index (χ4v) is 2.70. The summed E-state index contributed by atoms with van der Waals surface area (Å²) in [6, 6.07) is 5.67. The molecule has 3 aromatic rings. The molecule has 0 saturated heterocycles. The minimum atomic E-state index is -0.488. The van der Waals surface area contributed by atoms with Crippen molar-refractivity contribution in [3.05, 3.63) is 46.3 Å². The van der Waals surface area contributed by atoms with Crippen molar-refractivity contribution >= 4 is 17.4 Å². The number of aliphatic hydroxyl groups excluding tert-OH is 1. The molecule has 0 amide bonds. The zero-order valence-corrected chi connectivity index (χ0v) is 12.6. The van der Waals surface area contributed by atoms with Crippen molar-refractivity contribution < 1.29 is 9.50 Å². The maximum Gasteiger partial charge on any atom is 0.350 e. The highest BCUT2D eigenvalue weighted by atomic mass is 32.2. The van der Waals surface area contributed by atoms with Crippen molar-refractivity contribution in [2.75, 3.05) is 5.75 Å². The second-order valence-corrected chi connectivity index (χ2v) is 5.53. The predicted molar refractivity (Wildman–Crippen MR) is 84.5 cm³/mol. The highest BCUT2D eigenvalue weighted by molar-refractivity contribution is 7.99. The first-order valence-corrected chi connectivity index (χ1v) is 7.57. The van der Waals surface area contributed by atoms with E-state index in [1.54, 1.807) is 12.1 Å². The van der Waals surface area contributed by atoms with E-state index in [9.17, 15) is 14.3 Å². The maximum absolute atomic E-state index is 13.1. The minimum absolute atomic E-state index is 0.281. The number of benzene rings is 1. The molecule has 8 heteroatoms. The Bertz CT molecular complexity index is 956. The van der Waals surface area contributed by atoms with Gasteiger partial charge in [-0.3, -0.25) is 4.98 Å². The number of hydrogen-bond donors (Lipinski definition) is 2. The lowest BCUT2D eigenvalue weighted by molar-refractivity contribution is 0.276. The van der Waals surface area contributed by atoms with E-state index in [4.69, 9.17) is 6.42 Å². The van der Waals surface area contributed by atoms with E-state index in [1.807, 2.05) is 0 Å². The lowest BCUT2D eigenvalue weighted by Gasteiger charge is -2.02. The average molecular weight is 330 g/mol. The molecule has 2 aromatic heterocycles. The van der Waals surface area contributed by atoms with Crippen molar-refractivity contribution in [3.63, 3.8) is 0 Å². The number of rotatable bonds is 4. The molecule has 1 aromatic carbocycles. The Hall–Kier alpha value is -2.63. The molecule has 0 aliphatic rings. The first kappa shape index (κ1) is 15.3. The number of hydrogen-bond acceptors (Lipinski definition) is 5. The van der Waals surface area contributed by atoms with Crippen molar-refractivity contribution in [1.29, 1.82) is 0 Å². The monoisotopic (exact) mass is 330 g/mol. The predicted octanol–water partition coefficient (Wildman–Crippen LogP) is 1.44. The molecule has 0 radical (unpaired) electrons. The van der Waals surface area contributed by atoms with Crippen molar-refractivity contribution in [2.24, 2.45) is 0 Å². The Balaban J connectivity index is 2.26. The van der Waals surface area contributed by atoms with Crippen LogP contribution in [-0.2, 0) is 6.61 Å². The Morgan fingerprint density at radius 1 is 1.39 bits per heavy atom. The van der Waals surface area contributed by atoms with Gasteiger partial charge < -0.3 is 5.11 Å². The molecule has 0 atom stereocenters. The normalized spacial score (nSPS) is 10.8. The molecule has 0 aliphatic carbocycles. The molecule has 0 unspecified atom stereocenters. The first-order valence-electron chi connectivity index (χ1n) is 6.59. The first-order chi connectivity index (χ1) is 11.1. The number of aromatic amines is 1. The molecule has 0 aliphatic heterocycles. The largest absolute Gasteiger partial charge is 0.390 e. The van der Waals surface area contributed by atoms with Gasteiger partial charge in [-0.25, -0.2) is 14.2 Å². The van der Waals surface area contributed by atoms with Gasteiger partial charge >= 0.3 is 5.69 Å². The van der Waals surface area contributed by atoms with Gasteiger partial charge in [-0.15, -0.1) is 6.42 Å². The quantitative estimate of drug-likeness (QED) is 0.559. The average Bonchev–Trinajstić information content (AvgIpc) is 2.93. The summed E-state index contributed by atoms with van der Waals surface area (Å²) in [5, 5.41) is 13.9. The highest BCUT2D eigenvalue weighted by Gasteiger charge is 2.18. The van der Waals surface area contributed by atoms with E-state index in [2.05, 4.69) is 21.0 Å². The summed E-state index contributed by atoms with van der Waals surface area (Å²) in [7, 11) is 0. The Kier molecular flexibility index (Phi) is 4.14. The number of H-pyrrole nitrogens is 1. The van der Waals surface area contributed by atoms with Gasteiger partial charge in [-0.05, 0) is 17.7 Å². The molecule has 2 N–H and O–H groups in total. The number of nitrogens with one attached hydrogen (secondary N) is 1. The number of aliphatic hydroxyl groups is 1. The molecule has 6 nitrogen and oxygen atoms in total. The van der Waals surface area contributed by atoms with Gasteiger partial charge in [-0.2, -0.15) is 9.61 Å². The van der Waals surface area contributed by atoms with Crippen LogP contribution in [0.3, 0.4) is 0 Å². The van der Waals surface area contributed by atoms with E-state index in [0.29, 0.717) is 22.0 Å². The summed E-state index contributed by atoms with van der Waals surface area (Å²) in [5.74, 6) is 2.42. The summed E-state index contributed by atoms with van der Waals surface area (Å²) in [6.45, 7) is -0.373. The molecule has 0 spiro atoms. The number of nitrogens with zero attached hydrogens (tertiary/aromatic N) is 3. The van der Waals surface area contributed by atoms with Crippen LogP contribution in [0, 0.1) is 18.2 Å². The van der Waals surface area contributed by atoms with Gasteiger partial charge in [0, 0.05) is 0 Å². The third kappa shape index (κ3) is 2.84. The zero-order chi connectivity index (χ0) is 16.4. The topological polar surface area (TPSA) is 83.3 Å². The van der Waals surface area contributed by atoms with Crippen LogP contribution in [0.5, 0.6) is 0 Å². The molecule has 0 fully saturated rings. The lowest BCUT2D eigenvalue weighted by atomic mass is 10.1. The molecular weight excluding hydrogens is 319 g/mol. The minimum Gasteiger partial charge on any atom is -0.390 e. The van der Waals surface area contributed by atoms with Crippen LogP contribution in [-0.4, -0.2) is 30.4 Å². The fourth-order valence-electron chi connectivity index (χ4n) is 2.17. The van der Waals surface area contributed by atoms with Crippen LogP contribution in [0.15, 0.2) is 34.2 Å². The van der Waals surface area contributed by atoms with Crippen LogP contribution >= 0.6 is 11.8 Å². The molecule has 23 heavy (non-hydrogen) atoms. The van der Waals surface area contributed by atoms with Crippen molar-refractivity contribution in [1.82, 2.24) is 19.6 Å². The van der Waals surface area contributed by atoms with E-state index in [1.165, 1.54) is 23.9 Å². The van der Waals surface area contributed by atoms with Crippen molar-refractivity contribution in [2.45, 2.75) is 11.8 Å². The summed E-state index contributed by atoms with van der Waals surface area (Å²) < 4.78 is 14.2. The number of halogens is 1. The number of terminal acetylenes is 1. The Labute approximate surface area is 134 Å². The maximum atomic E-state index is 13.1. The van der Waals surface area contributed by atoms with Crippen LogP contribution in [0.2, 0.25) is 0 Å². The molecule has 0 bridgehead atoms. The van der Waals surface area contributed by atoms with Gasteiger partial charge in [-0.1, -0.05) is 29.8 Å². The third-order valence-electron chi connectivity index (χ3n) is 3.12. The lowest BCUT2D eigenvalue weighted by Crippen LogP contribution is -2.19. The highest BCUT2D eigenvalue weighted by Crippen LogP contribution is 2.27. The van der Waals surface area contributed by atoms with Crippen LogP contribution in [0.4, 0.5) is 4.39 Å². The second-order valence-electron chi connectivity index (χ2n) is 4.56. The van der Waals surface area contributed by atoms with Crippen LogP contribution < -0.4 is 5.69 Å². The van der Waals surface area contributed by atoms with Gasteiger partial charge in [0.25, 0.3) is 0 Å². The molecular formula is C15H11FN4O2S. The summed E-state index contributed by atoms with van der Waals surface area (Å²) in [4.78, 5) is 19.0. The zero-order valence-electron chi connectivity index (χ0n) is 11.8. The van der Waals surface area contributed by atoms with Gasteiger partial charge in [0.05, 0.1) is 23.6 Å². The van der Waals surface area contributed by atoms with Gasteiger partial charge in [0.1, 0.15) is 5.82 Å². The molecule has 0 saturated carbocycles. The van der Waals surface area contributed by atoms with Gasteiger partial charge in [0.15, 0.2) is 10.8 Å². The molecule has 2 heterocycles. The SMILES string of the molecule is C#CCSc1nc2c(-c3ccc(F)cc3)c(CO)nn2c(=O)[nH]1. The van der Waals surface area contributed by atoms with Crippen LogP contribution in [0.1, 0.15) is 5.69 Å². The number of thioether (sulfide) groups is 1. The standard InChI is InChI=1S/C15H11FN4O2S/c1-2-7-23-14-17-13-12(9-3-5-10(16)6-4-9)11(8-21)19-20(13)15(22)18-14/h1,3-6,21H,7-8H2,(H,17,18,22). The summed E-state index contributed by atoms with van der Waals surface area (Å²) >= 11 is 1.21. The van der Waals surface area contributed by atoms with Gasteiger partial charge in [0.2, 0.25) is 0 Å². The molecule has 3 rings (SSSR count). The van der Waals surface area contributed by atoms with Crippen molar-refractivity contribution in [3.8, 4) is 23.5 Å². The molecule has 116 valence electrons. The number of fused-ring (bicyclic) bond motifs is 1. The second kappa shape index (κ2) is 6.24. The summed E-state index contributed by atoms with van der Waals surface area (Å²) in [6.07, 6.45) is 5.21. The third-order valence-corrected chi connectivity index (χ3v) is 3.90. The smallest absolute Gasteiger partial charge is 0.350 e. The Morgan fingerprint density at radius 2 is 2.13 bits per heavy atom. The summed E-state index contributed by atoms with van der Waals surface area (Å²) in [5.41, 5.74) is 1.17. The Morgan fingerprint density at radius 3 is 2.78 bits per heavy atom.